The maximum atomic E-state index is 11.7. The summed E-state index contributed by atoms with van der Waals surface area (Å²) in [5, 5.41) is 21.1. The summed E-state index contributed by atoms with van der Waals surface area (Å²) in [6.45, 7) is 2.38. The maximum absolute atomic E-state index is 11.7. The Morgan fingerprint density at radius 2 is 2.00 bits per heavy atom. The summed E-state index contributed by atoms with van der Waals surface area (Å²) in [6.07, 6.45) is 6.40. The highest BCUT2D eigenvalue weighted by atomic mass is 16.4. The lowest BCUT2D eigenvalue weighted by Crippen LogP contribution is -2.36. The molecule has 18 heavy (non-hydrogen) atoms. The molecule has 2 rings (SSSR count). The molecule has 1 aromatic heterocycles. The Morgan fingerprint density at radius 1 is 1.33 bits per heavy atom. The Kier molecular flexibility index (Phi) is 3.93. The third-order valence-electron chi connectivity index (χ3n) is 3.89. The number of aliphatic carboxylic acids is 1. The van der Waals surface area contributed by atoms with Crippen molar-refractivity contribution in [2.45, 2.75) is 58.4 Å². The second-order valence-corrected chi connectivity index (χ2v) is 5.11. The third-order valence-corrected chi connectivity index (χ3v) is 3.89. The SMILES string of the molecule is CCc1nnnn1CC1(C(=O)O)CCCCCC1. The molecule has 100 valence electrons. The number of nitrogens with zero attached hydrogens (tertiary/aromatic N) is 4. The predicted octanol–water partition coefficient (Wildman–Crippen LogP) is 1.66. The van der Waals surface area contributed by atoms with Gasteiger partial charge in [0.25, 0.3) is 0 Å². The van der Waals surface area contributed by atoms with Crippen molar-refractivity contribution >= 4 is 5.97 Å². The van der Waals surface area contributed by atoms with Gasteiger partial charge < -0.3 is 5.11 Å². The van der Waals surface area contributed by atoms with E-state index in [-0.39, 0.29) is 0 Å². The van der Waals surface area contributed by atoms with Crippen LogP contribution >= 0.6 is 0 Å². The molecule has 0 aliphatic heterocycles. The van der Waals surface area contributed by atoms with Crippen LogP contribution in [0.1, 0.15) is 51.3 Å². The zero-order valence-electron chi connectivity index (χ0n) is 10.8. The van der Waals surface area contributed by atoms with Crippen LogP contribution in [0.15, 0.2) is 0 Å². The standard InChI is InChI=1S/C12H20N4O2/c1-2-10-13-14-15-16(10)9-12(11(17)18)7-5-3-4-6-8-12/h2-9H2,1H3,(H,17,18). The number of rotatable bonds is 4. The highest BCUT2D eigenvalue weighted by Crippen LogP contribution is 2.37. The van der Waals surface area contributed by atoms with Gasteiger partial charge in [-0.15, -0.1) is 5.10 Å². The van der Waals surface area contributed by atoms with E-state index in [1.165, 1.54) is 0 Å². The zero-order valence-corrected chi connectivity index (χ0v) is 10.8. The van der Waals surface area contributed by atoms with Gasteiger partial charge in [0, 0.05) is 6.42 Å². The summed E-state index contributed by atoms with van der Waals surface area (Å²) in [6, 6.07) is 0. The maximum Gasteiger partial charge on any atom is 0.311 e. The Bertz CT molecular complexity index is 408. The van der Waals surface area contributed by atoms with Crippen molar-refractivity contribution in [3.05, 3.63) is 5.82 Å². The van der Waals surface area contributed by atoms with Crippen molar-refractivity contribution in [3.8, 4) is 0 Å². The lowest BCUT2D eigenvalue weighted by atomic mass is 9.80. The average molecular weight is 252 g/mol. The highest BCUT2D eigenvalue weighted by molar-refractivity contribution is 5.74. The number of aromatic nitrogens is 4. The summed E-state index contributed by atoms with van der Waals surface area (Å²) in [4.78, 5) is 11.7. The molecule has 1 aliphatic carbocycles. The lowest BCUT2D eigenvalue weighted by Gasteiger charge is -2.27. The summed E-state index contributed by atoms with van der Waals surface area (Å²) in [7, 11) is 0. The number of hydrogen-bond acceptors (Lipinski definition) is 4. The molecular formula is C12H20N4O2. The van der Waals surface area contributed by atoms with Crippen molar-refractivity contribution in [2.75, 3.05) is 0 Å². The summed E-state index contributed by atoms with van der Waals surface area (Å²) < 4.78 is 1.67. The molecule has 0 unspecified atom stereocenters. The minimum absolute atomic E-state index is 0.401. The van der Waals surface area contributed by atoms with Crippen LogP contribution in [0.5, 0.6) is 0 Å². The van der Waals surface area contributed by atoms with Crippen LogP contribution in [0, 0.1) is 5.41 Å². The number of aryl methyl sites for hydroxylation is 1. The van der Waals surface area contributed by atoms with E-state index in [9.17, 15) is 9.90 Å². The molecule has 6 nitrogen and oxygen atoms in total. The summed E-state index contributed by atoms with van der Waals surface area (Å²) in [5.74, 6) is 0.0572. The molecule has 0 amide bonds. The van der Waals surface area contributed by atoms with E-state index in [0.717, 1.165) is 50.8 Å². The monoisotopic (exact) mass is 252 g/mol. The molecule has 1 aromatic rings. The fourth-order valence-corrected chi connectivity index (χ4v) is 2.73. The molecule has 0 saturated heterocycles. The fraction of sp³-hybridized carbons (Fsp3) is 0.833. The number of carbonyl (C=O) groups is 1. The molecule has 0 bridgehead atoms. The molecule has 1 saturated carbocycles. The van der Waals surface area contributed by atoms with E-state index in [2.05, 4.69) is 15.5 Å². The van der Waals surface area contributed by atoms with Crippen molar-refractivity contribution < 1.29 is 9.90 Å². The minimum Gasteiger partial charge on any atom is -0.481 e. The predicted molar refractivity (Wildman–Crippen MR) is 65.0 cm³/mol. The second-order valence-electron chi connectivity index (χ2n) is 5.11. The van der Waals surface area contributed by atoms with Crippen LogP contribution in [0.25, 0.3) is 0 Å². The van der Waals surface area contributed by atoms with E-state index < -0.39 is 11.4 Å². The van der Waals surface area contributed by atoms with Gasteiger partial charge in [0.05, 0.1) is 12.0 Å². The zero-order chi connectivity index (χ0) is 13.0. The van der Waals surface area contributed by atoms with Gasteiger partial charge in [-0.2, -0.15) is 0 Å². The Morgan fingerprint density at radius 3 is 2.56 bits per heavy atom. The molecular weight excluding hydrogens is 232 g/mol. The molecule has 0 spiro atoms. The first-order valence-electron chi connectivity index (χ1n) is 6.66. The number of hydrogen-bond donors (Lipinski definition) is 1. The Balaban J connectivity index is 2.22. The number of tetrazole rings is 1. The molecule has 0 atom stereocenters. The van der Waals surface area contributed by atoms with Gasteiger partial charge >= 0.3 is 5.97 Å². The van der Waals surface area contributed by atoms with Crippen molar-refractivity contribution in [1.29, 1.82) is 0 Å². The number of carboxylic acids is 1. The number of carboxylic acid groups (broad SMARTS) is 1. The highest BCUT2D eigenvalue weighted by Gasteiger charge is 2.39. The summed E-state index contributed by atoms with van der Waals surface area (Å²) >= 11 is 0. The molecule has 0 aromatic carbocycles. The molecule has 1 N–H and O–H groups in total. The van der Waals surface area contributed by atoms with Crippen molar-refractivity contribution in [2.24, 2.45) is 5.41 Å². The van der Waals surface area contributed by atoms with Crippen LogP contribution in [0.3, 0.4) is 0 Å². The topological polar surface area (TPSA) is 80.9 Å². The third kappa shape index (κ3) is 2.52. The molecule has 1 heterocycles. The van der Waals surface area contributed by atoms with Gasteiger partial charge in [-0.3, -0.25) is 4.79 Å². The minimum atomic E-state index is -0.707. The van der Waals surface area contributed by atoms with Gasteiger partial charge in [-0.05, 0) is 23.3 Å². The largest absolute Gasteiger partial charge is 0.481 e. The first-order valence-corrected chi connectivity index (χ1v) is 6.66. The quantitative estimate of drug-likeness (QED) is 0.824. The first-order chi connectivity index (χ1) is 8.68. The van der Waals surface area contributed by atoms with Crippen molar-refractivity contribution in [1.82, 2.24) is 20.2 Å². The second kappa shape index (κ2) is 5.46. The van der Waals surface area contributed by atoms with Gasteiger partial charge in [0.1, 0.15) is 0 Å². The van der Waals surface area contributed by atoms with Crippen LogP contribution in [-0.4, -0.2) is 31.3 Å². The lowest BCUT2D eigenvalue weighted by molar-refractivity contribution is -0.151. The van der Waals surface area contributed by atoms with Gasteiger partial charge in [-0.25, -0.2) is 4.68 Å². The Hall–Kier alpha value is -1.46. The normalized spacial score (nSPS) is 19.4. The van der Waals surface area contributed by atoms with E-state index in [1.54, 1.807) is 4.68 Å². The van der Waals surface area contributed by atoms with Crippen LogP contribution < -0.4 is 0 Å². The fourth-order valence-electron chi connectivity index (χ4n) is 2.73. The van der Waals surface area contributed by atoms with E-state index >= 15 is 0 Å². The Labute approximate surface area is 106 Å². The van der Waals surface area contributed by atoms with Crippen molar-refractivity contribution in [3.63, 3.8) is 0 Å². The average Bonchev–Trinajstić information content (AvgIpc) is 2.65. The molecule has 1 fully saturated rings. The smallest absolute Gasteiger partial charge is 0.311 e. The van der Waals surface area contributed by atoms with E-state index in [4.69, 9.17) is 0 Å². The van der Waals surface area contributed by atoms with Gasteiger partial charge in [0.15, 0.2) is 5.82 Å². The van der Waals surface area contributed by atoms with Gasteiger partial charge in [0.2, 0.25) is 0 Å². The van der Waals surface area contributed by atoms with E-state index in [1.807, 2.05) is 6.92 Å². The summed E-state index contributed by atoms with van der Waals surface area (Å²) in [5.41, 5.74) is -0.685. The van der Waals surface area contributed by atoms with Crippen LogP contribution in [0.4, 0.5) is 0 Å². The van der Waals surface area contributed by atoms with Gasteiger partial charge in [-0.1, -0.05) is 32.6 Å². The molecule has 6 heteroatoms. The first kappa shape index (κ1) is 13.0. The van der Waals surface area contributed by atoms with Crippen LogP contribution in [-0.2, 0) is 17.8 Å². The van der Waals surface area contributed by atoms with E-state index in [0.29, 0.717) is 6.54 Å². The molecule has 0 radical (unpaired) electrons. The van der Waals surface area contributed by atoms with Crippen LogP contribution in [0.2, 0.25) is 0 Å². The molecule has 1 aliphatic rings.